The van der Waals surface area contributed by atoms with Gasteiger partial charge in [0.25, 0.3) is 0 Å². The maximum absolute atomic E-state index is 12.3. The van der Waals surface area contributed by atoms with Crippen molar-refractivity contribution >= 4 is 5.91 Å². The van der Waals surface area contributed by atoms with Crippen LogP contribution in [-0.4, -0.2) is 60.1 Å². The highest BCUT2D eigenvalue weighted by atomic mass is 16.3. The summed E-state index contributed by atoms with van der Waals surface area (Å²) in [6.45, 7) is 3.08. The number of nitrogens with zero attached hydrogens (tertiary/aromatic N) is 4. The first-order chi connectivity index (χ1) is 10.2. The summed E-state index contributed by atoms with van der Waals surface area (Å²) in [6, 6.07) is 4.08. The summed E-state index contributed by atoms with van der Waals surface area (Å²) in [5, 5.41) is 26.3. The first-order valence-electron chi connectivity index (χ1n) is 7.56. The van der Waals surface area contributed by atoms with Crippen LogP contribution >= 0.6 is 0 Å². The van der Waals surface area contributed by atoms with Gasteiger partial charge in [0.05, 0.1) is 31.5 Å². The molecule has 0 saturated carbocycles. The van der Waals surface area contributed by atoms with Crippen molar-refractivity contribution in [1.82, 2.24) is 9.80 Å². The van der Waals surface area contributed by atoms with E-state index in [1.54, 1.807) is 4.90 Å². The molecule has 1 unspecified atom stereocenters. The van der Waals surface area contributed by atoms with Crippen LogP contribution in [0.15, 0.2) is 0 Å². The molecule has 0 aromatic rings. The molecule has 6 heteroatoms. The van der Waals surface area contributed by atoms with Gasteiger partial charge < -0.3 is 10.0 Å². The Balaban J connectivity index is 2.47. The average molecular weight is 292 g/mol. The predicted molar refractivity (Wildman–Crippen MR) is 77.9 cm³/mol. The molecule has 0 aromatic carbocycles. The van der Waals surface area contributed by atoms with Crippen LogP contribution < -0.4 is 0 Å². The zero-order valence-electron chi connectivity index (χ0n) is 12.5. The molecule has 1 atom stereocenters. The topological polar surface area (TPSA) is 91.4 Å². The number of likely N-dealkylation sites (tertiary alicyclic amines) is 1. The fourth-order valence-corrected chi connectivity index (χ4v) is 2.74. The Hall–Kier alpha value is -1.63. The molecule has 21 heavy (non-hydrogen) atoms. The highest BCUT2D eigenvalue weighted by molar-refractivity contribution is 5.78. The Morgan fingerprint density at radius 3 is 2.52 bits per heavy atom. The minimum absolute atomic E-state index is 0.00912. The number of aliphatic hydroxyl groups is 1. The van der Waals surface area contributed by atoms with Crippen LogP contribution in [0.2, 0.25) is 0 Å². The number of nitriles is 2. The number of piperidine rings is 1. The van der Waals surface area contributed by atoms with E-state index < -0.39 is 0 Å². The van der Waals surface area contributed by atoms with E-state index in [0.717, 1.165) is 32.4 Å². The number of aliphatic hydroxyl groups excluding tert-OH is 1. The van der Waals surface area contributed by atoms with E-state index >= 15 is 0 Å². The van der Waals surface area contributed by atoms with E-state index in [4.69, 9.17) is 15.6 Å². The monoisotopic (exact) mass is 292 g/mol. The first-order valence-corrected chi connectivity index (χ1v) is 7.56. The number of carbonyl (C=O) groups excluding carboxylic acids is 1. The summed E-state index contributed by atoms with van der Waals surface area (Å²) in [7, 11) is 0. The molecule has 0 spiro atoms. The van der Waals surface area contributed by atoms with Gasteiger partial charge in [0.15, 0.2) is 0 Å². The molecule has 1 aliphatic rings. The predicted octanol–water partition coefficient (Wildman–Crippen LogP) is 0.737. The van der Waals surface area contributed by atoms with Crippen LogP contribution in [0.1, 0.15) is 32.1 Å². The van der Waals surface area contributed by atoms with Crippen LogP contribution in [0.5, 0.6) is 0 Å². The molecule has 0 bridgehead atoms. The molecule has 1 N–H and O–H groups in total. The van der Waals surface area contributed by atoms with Crippen molar-refractivity contribution in [2.75, 3.05) is 39.3 Å². The summed E-state index contributed by atoms with van der Waals surface area (Å²) < 4.78 is 0. The average Bonchev–Trinajstić information content (AvgIpc) is 2.48. The van der Waals surface area contributed by atoms with Crippen molar-refractivity contribution in [2.45, 2.75) is 32.1 Å². The summed E-state index contributed by atoms with van der Waals surface area (Å²) in [5.74, 6) is 0.452. The van der Waals surface area contributed by atoms with Crippen molar-refractivity contribution < 1.29 is 9.90 Å². The van der Waals surface area contributed by atoms with E-state index in [-0.39, 0.29) is 12.5 Å². The highest BCUT2D eigenvalue weighted by Crippen LogP contribution is 2.19. The number of rotatable bonds is 8. The standard InChI is InChI=1S/C15H24N4O2/c16-6-2-9-19(10-3-7-17)15(21)13-18-8-1-4-14(12-18)5-11-20/h14,20H,1-5,8-13H2. The van der Waals surface area contributed by atoms with Gasteiger partial charge in [0, 0.05) is 26.2 Å². The van der Waals surface area contributed by atoms with Crippen molar-refractivity contribution in [3.8, 4) is 12.1 Å². The zero-order valence-corrected chi connectivity index (χ0v) is 12.5. The molecule has 1 rings (SSSR count). The van der Waals surface area contributed by atoms with Crippen LogP contribution in [0, 0.1) is 28.6 Å². The molecule has 1 amide bonds. The number of carbonyl (C=O) groups is 1. The van der Waals surface area contributed by atoms with Gasteiger partial charge in [0.1, 0.15) is 0 Å². The van der Waals surface area contributed by atoms with Gasteiger partial charge >= 0.3 is 0 Å². The summed E-state index contributed by atoms with van der Waals surface area (Å²) in [5.41, 5.74) is 0. The quantitative estimate of drug-likeness (QED) is 0.712. The summed E-state index contributed by atoms with van der Waals surface area (Å²) in [6.07, 6.45) is 3.54. The molecule has 0 aliphatic carbocycles. The van der Waals surface area contributed by atoms with Crippen molar-refractivity contribution in [2.24, 2.45) is 5.92 Å². The largest absolute Gasteiger partial charge is 0.396 e. The molecule has 6 nitrogen and oxygen atoms in total. The fraction of sp³-hybridized carbons (Fsp3) is 0.800. The fourth-order valence-electron chi connectivity index (χ4n) is 2.74. The Bertz CT molecular complexity index is 379. The molecule has 0 aromatic heterocycles. The van der Waals surface area contributed by atoms with E-state index in [2.05, 4.69) is 4.90 Å². The molecule has 1 saturated heterocycles. The van der Waals surface area contributed by atoms with E-state index in [1.807, 2.05) is 12.1 Å². The van der Waals surface area contributed by atoms with E-state index in [1.165, 1.54) is 0 Å². The third-order valence-corrected chi connectivity index (χ3v) is 3.84. The van der Waals surface area contributed by atoms with Gasteiger partial charge in [-0.2, -0.15) is 10.5 Å². The molecule has 1 heterocycles. The smallest absolute Gasteiger partial charge is 0.236 e. The minimum atomic E-state index is -0.00912. The lowest BCUT2D eigenvalue weighted by atomic mass is 9.95. The maximum Gasteiger partial charge on any atom is 0.236 e. The Labute approximate surface area is 126 Å². The lowest BCUT2D eigenvalue weighted by Gasteiger charge is -2.33. The van der Waals surface area contributed by atoms with E-state index in [0.29, 0.717) is 38.4 Å². The number of hydrogen-bond donors (Lipinski definition) is 1. The summed E-state index contributed by atoms with van der Waals surface area (Å²) >= 11 is 0. The molecule has 116 valence electrons. The second-order valence-corrected chi connectivity index (χ2v) is 5.45. The lowest BCUT2D eigenvalue weighted by molar-refractivity contribution is -0.132. The molecular weight excluding hydrogens is 268 g/mol. The molecule has 1 aliphatic heterocycles. The van der Waals surface area contributed by atoms with Gasteiger partial charge in [-0.1, -0.05) is 0 Å². The van der Waals surface area contributed by atoms with Gasteiger partial charge in [-0.25, -0.2) is 0 Å². The van der Waals surface area contributed by atoms with Crippen LogP contribution in [0.4, 0.5) is 0 Å². The lowest BCUT2D eigenvalue weighted by Crippen LogP contribution is -2.44. The van der Waals surface area contributed by atoms with Gasteiger partial charge in [0.2, 0.25) is 5.91 Å². The third-order valence-electron chi connectivity index (χ3n) is 3.84. The van der Waals surface area contributed by atoms with Gasteiger partial charge in [-0.05, 0) is 31.7 Å². The SMILES string of the molecule is N#CCCN(CCC#N)C(=O)CN1CCCC(CCO)C1. The Morgan fingerprint density at radius 2 is 1.95 bits per heavy atom. The molecule has 1 fully saturated rings. The third kappa shape index (κ3) is 6.57. The maximum atomic E-state index is 12.3. The number of hydrogen-bond acceptors (Lipinski definition) is 5. The Morgan fingerprint density at radius 1 is 1.29 bits per heavy atom. The zero-order chi connectivity index (χ0) is 15.5. The van der Waals surface area contributed by atoms with Gasteiger partial charge in [-0.15, -0.1) is 0 Å². The highest BCUT2D eigenvalue weighted by Gasteiger charge is 2.23. The minimum Gasteiger partial charge on any atom is -0.396 e. The second kappa shape index (κ2) is 10.1. The van der Waals surface area contributed by atoms with Crippen molar-refractivity contribution in [1.29, 1.82) is 10.5 Å². The van der Waals surface area contributed by atoms with E-state index in [9.17, 15) is 4.79 Å². The van der Waals surface area contributed by atoms with Gasteiger partial charge in [-0.3, -0.25) is 9.69 Å². The normalized spacial score (nSPS) is 18.7. The Kier molecular flexibility index (Phi) is 8.42. The molecular formula is C15H24N4O2. The van der Waals surface area contributed by atoms with Crippen LogP contribution in [0.3, 0.4) is 0 Å². The van der Waals surface area contributed by atoms with Crippen molar-refractivity contribution in [3.63, 3.8) is 0 Å². The molecule has 0 radical (unpaired) electrons. The van der Waals surface area contributed by atoms with Crippen molar-refractivity contribution in [3.05, 3.63) is 0 Å². The van der Waals surface area contributed by atoms with Crippen LogP contribution in [0.25, 0.3) is 0 Å². The first kappa shape index (κ1) is 17.4. The van der Waals surface area contributed by atoms with Crippen LogP contribution in [-0.2, 0) is 4.79 Å². The summed E-state index contributed by atoms with van der Waals surface area (Å²) in [4.78, 5) is 16.0. The second-order valence-electron chi connectivity index (χ2n) is 5.45. The number of amides is 1.